The number of nitrogens with one attached hydrogen (secondary N) is 1. The molecule has 0 radical (unpaired) electrons. The van der Waals surface area contributed by atoms with Gasteiger partial charge in [-0.15, -0.1) is 0 Å². The number of anilines is 1. The molecule has 0 saturated carbocycles. The highest BCUT2D eigenvalue weighted by Crippen LogP contribution is 2.30. The van der Waals surface area contributed by atoms with E-state index in [-0.39, 0.29) is 21.9 Å². The lowest BCUT2D eigenvalue weighted by Crippen LogP contribution is -2.22. The van der Waals surface area contributed by atoms with E-state index in [0.717, 1.165) is 12.3 Å². The molecule has 0 spiro atoms. The second-order valence-corrected chi connectivity index (χ2v) is 6.05. The molecule has 0 saturated heterocycles. The largest absolute Gasteiger partial charge is 0.545 e. The fraction of sp³-hybridized carbons (Fsp3) is 0.143. The van der Waals surface area contributed by atoms with Crippen LogP contribution in [-0.2, 0) is 10.0 Å². The zero-order valence-electron chi connectivity index (χ0n) is 12.3. The van der Waals surface area contributed by atoms with Gasteiger partial charge >= 0.3 is 0 Å². The van der Waals surface area contributed by atoms with Gasteiger partial charge in [-0.1, -0.05) is 0 Å². The molecule has 9 heteroatoms. The fourth-order valence-corrected chi connectivity index (χ4v) is 2.85. The smallest absolute Gasteiger partial charge is 0.262 e. The lowest BCUT2D eigenvalue weighted by molar-refractivity contribution is -0.255. The van der Waals surface area contributed by atoms with E-state index in [9.17, 15) is 18.3 Å². The molecule has 0 fully saturated rings. The summed E-state index contributed by atoms with van der Waals surface area (Å²) < 4.78 is 37.0. The number of carboxylic acids is 1. The Morgan fingerprint density at radius 3 is 2.43 bits per heavy atom. The van der Waals surface area contributed by atoms with Gasteiger partial charge in [-0.3, -0.25) is 9.71 Å². The number of ether oxygens (including phenoxy) is 2. The maximum Gasteiger partial charge on any atom is 0.262 e. The number of methoxy groups -OCH3 is 2. The molecule has 0 atom stereocenters. The number of rotatable bonds is 6. The van der Waals surface area contributed by atoms with Crippen molar-refractivity contribution in [3.63, 3.8) is 0 Å². The van der Waals surface area contributed by atoms with E-state index in [1.165, 1.54) is 38.6 Å². The number of pyridine rings is 1. The first kappa shape index (κ1) is 16.6. The van der Waals surface area contributed by atoms with Gasteiger partial charge < -0.3 is 19.4 Å². The van der Waals surface area contributed by atoms with Crippen molar-refractivity contribution in [2.75, 3.05) is 18.9 Å². The molecule has 0 unspecified atom stereocenters. The van der Waals surface area contributed by atoms with Crippen LogP contribution in [0.1, 0.15) is 10.4 Å². The molecule has 1 aromatic carbocycles. The summed E-state index contributed by atoms with van der Waals surface area (Å²) in [6, 6.07) is 5.18. The number of benzene rings is 1. The van der Waals surface area contributed by atoms with Gasteiger partial charge in [0.25, 0.3) is 10.0 Å². The molecule has 2 aromatic rings. The highest BCUT2D eigenvalue weighted by molar-refractivity contribution is 7.92. The normalized spacial score (nSPS) is 10.9. The van der Waals surface area contributed by atoms with Crippen LogP contribution in [0.25, 0.3) is 0 Å². The average molecular weight is 337 g/mol. The van der Waals surface area contributed by atoms with Crippen molar-refractivity contribution in [1.82, 2.24) is 4.98 Å². The number of hydrogen-bond donors (Lipinski definition) is 1. The minimum atomic E-state index is -3.95. The summed E-state index contributed by atoms with van der Waals surface area (Å²) in [6.07, 6.45) is 2.24. The molecule has 8 nitrogen and oxygen atoms in total. The minimum Gasteiger partial charge on any atom is -0.545 e. The van der Waals surface area contributed by atoms with Crippen LogP contribution in [0.2, 0.25) is 0 Å². The van der Waals surface area contributed by atoms with Gasteiger partial charge in [-0.05, 0) is 18.2 Å². The number of carbonyl (C=O) groups is 1. The van der Waals surface area contributed by atoms with Crippen molar-refractivity contribution in [2.45, 2.75) is 4.90 Å². The van der Waals surface area contributed by atoms with E-state index in [2.05, 4.69) is 9.71 Å². The molecule has 23 heavy (non-hydrogen) atoms. The Morgan fingerprint density at radius 2 is 1.83 bits per heavy atom. The van der Waals surface area contributed by atoms with Gasteiger partial charge in [0, 0.05) is 17.8 Å². The first-order chi connectivity index (χ1) is 10.9. The van der Waals surface area contributed by atoms with Gasteiger partial charge in [-0.2, -0.15) is 0 Å². The van der Waals surface area contributed by atoms with Crippen molar-refractivity contribution in [3.8, 4) is 11.5 Å². The standard InChI is InChI=1S/C14H14N2O6S/c1-21-12-4-3-11(6-13(12)22-2)23(19,20)16-10-5-9(14(17)18)7-15-8-10/h3-8,16H,1-2H3,(H,17,18)/p-1. The van der Waals surface area contributed by atoms with Gasteiger partial charge in [0.05, 0.1) is 37.0 Å². The zero-order chi connectivity index (χ0) is 17.0. The zero-order valence-corrected chi connectivity index (χ0v) is 13.1. The Morgan fingerprint density at radius 1 is 1.13 bits per heavy atom. The summed E-state index contributed by atoms with van der Waals surface area (Å²) >= 11 is 0. The fourth-order valence-electron chi connectivity index (χ4n) is 1.81. The Labute approximate surface area is 132 Å². The topological polar surface area (TPSA) is 118 Å². The van der Waals surface area contributed by atoms with Crippen molar-refractivity contribution in [2.24, 2.45) is 0 Å². The number of aromatic nitrogens is 1. The molecule has 0 bridgehead atoms. The van der Waals surface area contributed by atoms with E-state index < -0.39 is 16.0 Å². The van der Waals surface area contributed by atoms with E-state index in [1.54, 1.807) is 0 Å². The van der Waals surface area contributed by atoms with Gasteiger partial charge in [0.2, 0.25) is 0 Å². The van der Waals surface area contributed by atoms with E-state index in [1.807, 2.05) is 0 Å². The van der Waals surface area contributed by atoms with Crippen molar-refractivity contribution >= 4 is 21.7 Å². The molecule has 0 aliphatic rings. The minimum absolute atomic E-state index is 0.00137. The predicted octanol–water partition coefficient (Wildman–Crippen LogP) is 0.263. The Balaban J connectivity index is 2.35. The SMILES string of the molecule is COc1ccc(S(=O)(=O)Nc2cncc(C(=O)[O-])c2)cc1OC. The average Bonchev–Trinajstić information content (AvgIpc) is 2.53. The van der Waals surface area contributed by atoms with Crippen LogP contribution in [0.5, 0.6) is 11.5 Å². The molecule has 1 aromatic heterocycles. The summed E-state index contributed by atoms with van der Waals surface area (Å²) in [4.78, 5) is 14.4. The first-order valence-corrected chi connectivity index (χ1v) is 7.77. The molecule has 0 aliphatic heterocycles. The van der Waals surface area contributed by atoms with Gasteiger partial charge in [0.15, 0.2) is 11.5 Å². The second kappa shape index (κ2) is 6.53. The predicted molar refractivity (Wildman–Crippen MR) is 78.9 cm³/mol. The van der Waals surface area contributed by atoms with Crippen LogP contribution >= 0.6 is 0 Å². The molecular weight excluding hydrogens is 324 g/mol. The Hall–Kier alpha value is -2.81. The summed E-state index contributed by atoms with van der Waals surface area (Å²) in [5.41, 5.74) is -0.237. The lowest BCUT2D eigenvalue weighted by atomic mass is 10.3. The Kier molecular flexibility index (Phi) is 4.70. The quantitative estimate of drug-likeness (QED) is 0.803. The van der Waals surface area contributed by atoms with Crippen molar-refractivity contribution < 1.29 is 27.8 Å². The third kappa shape index (κ3) is 3.69. The lowest BCUT2D eigenvalue weighted by Gasteiger charge is -2.12. The molecule has 2 rings (SSSR count). The number of carbonyl (C=O) groups excluding carboxylic acids is 1. The highest BCUT2D eigenvalue weighted by Gasteiger charge is 2.17. The van der Waals surface area contributed by atoms with Crippen LogP contribution in [0.4, 0.5) is 5.69 Å². The molecular formula is C14H13N2O6S-. The van der Waals surface area contributed by atoms with Crippen LogP contribution in [0, 0.1) is 0 Å². The maximum atomic E-state index is 12.4. The third-order valence-corrected chi connectivity index (χ3v) is 4.27. The van der Waals surface area contributed by atoms with E-state index >= 15 is 0 Å². The molecule has 0 amide bonds. The first-order valence-electron chi connectivity index (χ1n) is 6.28. The number of sulfonamides is 1. The monoisotopic (exact) mass is 337 g/mol. The van der Waals surface area contributed by atoms with Crippen LogP contribution < -0.4 is 19.3 Å². The second-order valence-electron chi connectivity index (χ2n) is 4.37. The van der Waals surface area contributed by atoms with Crippen LogP contribution in [0.15, 0.2) is 41.6 Å². The van der Waals surface area contributed by atoms with E-state index in [4.69, 9.17) is 9.47 Å². The van der Waals surface area contributed by atoms with Crippen LogP contribution in [-0.4, -0.2) is 33.6 Å². The summed E-state index contributed by atoms with van der Waals surface area (Å²) in [5, 5.41) is 10.8. The Bertz CT molecular complexity index is 835. The maximum absolute atomic E-state index is 12.4. The van der Waals surface area contributed by atoms with Gasteiger partial charge in [-0.25, -0.2) is 8.42 Å². The van der Waals surface area contributed by atoms with Crippen molar-refractivity contribution in [1.29, 1.82) is 0 Å². The summed E-state index contributed by atoms with van der Waals surface area (Å²) in [6.45, 7) is 0. The number of carboxylic acid groups (broad SMARTS) is 1. The van der Waals surface area contributed by atoms with Crippen molar-refractivity contribution in [3.05, 3.63) is 42.2 Å². The molecule has 1 N–H and O–H groups in total. The van der Waals surface area contributed by atoms with Crippen LogP contribution in [0.3, 0.4) is 0 Å². The molecule has 0 aliphatic carbocycles. The molecule has 122 valence electrons. The summed E-state index contributed by atoms with van der Waals surface area (Å²) in [7, 11) is -1.14. The number of hydrogen-bond acceptors (Lipinski definition) is 7. The molecule has 1 heterocycles. The summed E-state index contributed by atoms with van der Waals surface area (Å²) in [5.74, 6) is -0.825. The highest BCUT2D eigenvalue weighted by atomic mass is 32.2. The number of aromatic carboxylic acids is 1. The van der Waals surface area contributed by atoms with Gasteiger partial charge in [0.1, 0.15) is 0 Å². The third-order valence-electron chi connectivity index (χ3n) is 2.89. The van der Waals surface area contributed by atoms with E-state index in [0.29, 0.717) is 5.75 Å². The number of nitrogens with zero attached hydrogens (tertiary/aromatic N) is 1.